The van der Waals surface area contributed by atoms with Crippen LogP contribution in [0.4, 0.5) is 0 Å². The Morgan fingerprint density at radius 2 is 0.981 bits per heavy atom. The van der Waals surface area contributed by atoms with Gasteiger partial charge in [0.15, 0.2) is 6.10 Å². The molecule has 0 fully saturated rings. The van der Waals surface area contributed by atoms with Gasteiger partial charge in [0.2, 0.25) is 0 Å². The number of hydrogen-bond donors (Lipinski definition) is 3. The van der Waals surface area contributed by atoms with E-state index in [0.717, 1.165) is 64.2 Å². The maximum absolute atomic E-state index is 12.6. The summed E-state index contributed by atoms with van der Waals surface area (Å²) >= 11 is 0. The molecule has 0 radical (unpaired) electrons. The second kappa shape index (κ2) is 38.9. The Kier molecular flexibility index (Phi) is 37.2. The van der Waals surface area contributed by atoms with Gasteiger partial charge in [-0.25, -0.2) is 4.57 Å². The zero-order valence-corrected chi connectivity index (χ0v) is 34.6. The second-order valence-electron chi connectivity index (χ2n) is 13.7. The number of phosphoric acid groups is 1. The summed E-state index contributed by atoms with van der Waals surface area (Å²) in [5, 5.41) is 18.3. The van der Waals surface area contributed by atoms with Crippen molar-refractivity contribution in [2.75, 3.05) is 26.4 Å². The number of phosphoric ester groups is 1. The Bertz CT molecular complexity index is 1080. The van der Waals surface area contributed by atoms with E-state index in [0.29, 0.717) is 19.3 Å². The first-order chi connectivity index (χ1) is 26.2. The van der Waals surface area contributed by atoms with Crippen LogP contribution in [0.5, 0.6) is 0 Å². The normalized spacial score (nSPS) is 14.5. The predicted molar refractivity (Wildman–Crippen MR) is 219 cm³/mol. The summed E-state index contributed by atoms with van der Waals surface area (Å²) < 4.78 is 32.6. The minimum atomic E-state index is -4.63. The molecular weight excluding hydrogens is 707 g/mol. The van der Waals surface area contributed by atoms with E-state index in [1.807, 2.05) is 6.08 Å². The molecule has 3 N–H and O–H groups in total. The van der Waals surface area contributed by atoms with Crippen molar-refractivity contribution in [3.05, 3.63) is 60.8 Å². The third-order valence-electron chi connectivity index (χ3n) is 8.39. The summed E-state index contributed by atoms with van der Waals surface area (Å²) in [6, 6.07) is 0. The van der Waals surface area contributed by atoms with Crippen LogP contribution in [0.2, 0.25) is 0 Å². The van der Waals surface area contributed by atoms with Crippen molar-refractivity contribution in [2.24, 2.45) is 0 Å². The Morgan fingerprint density at radius 1 is 0.556 bits per heavy atom. The molecule has 0 saturated carbocycles. The fraction of sp³-hybridized carbons (Fsp3) is 0.721. The van der Waals surface area contributed by atoms with Crippen molar-refractivity contribution >= 4 is 19.8 Å². The van der Waals surface area contributed by atoms with E-state index in [4.69, 9.17) is 19.1 Å². The van der Waals surface area contributed by atoms with Crippen LogP contribution in [-0.2, 0) is 32.7 Å². The van der Waals surface area contributed by atoms with Crippen molar-refractivity contribution < 1.29 is 47.8 Å². The van der Waals surface area contributed by atoms with Crippen LogP contribution in [0.3, 0.4) is 0 Å². The number of hydrogen-bond acceptors (Lipinski definition) is 9. The molecule has 54 heavy (non-hydrogen) atoms. The number of carbonyl (C=O) groups excluding carboxylic acids is 2. The van der Waals surface area contributed by atoms with E-state index in [2.05, 4.69) is 73.1 Å². The van der Waals surface area contributed by atoms with Crippen LogP contribution in [0.25, 0.3) is 0 Å². The van der Waals surface area contributed by atoms with Gasteiger partial charge in [-0.1, -0.05) is 132 Å². The Hall–Kier alpha value is -2.33. The van der Waals surface area contributed by atoms with Crippen molar-refractivity contribution in [3.63, 3.8) is 0 Å². The number of esters is 2. The summed E-state index contributed by atoms with van der Waals surface area (Å²) in [7, 11) is -4.63. The van der Waals surface area contributed by atoms with E-state index < -0.39 is 51.8 Å². The molecule has 312 valence electrons. The number of unbranched alkanes of at least 4 members (excludes halogenated alkanes) is 14. The summed E-state index contributed by atoms with van der Waals surface area (Å²) in [6.07, 6.45) is 41.9. The van der Waals surface area contributed by atoms with Crippen molar-refractivity contribution in [1.29, 1.82) is 0 Å². The van der Waals surface area contributed by atoms with Crippen LogP contribution in [-0.4, -0.2) is 65.7 Å². The van der Waals surface area contributed by atoms with Gasteiger partial charge in [-0.3, -0.25) is 18.6 Å². The molecule has 11 heteroatoms. The number of allylic oxidation sites excluding steroid dienone is 10. The van der Waals surface area contributed by atoms with Gasteiger partial charge in [-0.2, -0.15) is 0 Å². The van der Waals surface area contributed by atoms with Gasteiger partial charge in [0.1, 0.15) is 12.7 Å². The first-order valence-electron chi connectivity index (χ1n) is 20.7. The lowest BCUT2D eigenvalue weighted by molar-refractivity contribution is -0.161. The molecule has 0 spiro atoms. The summed E-state index contributed by atoms with van der Waals surface area (Å²) in [5.41, 5.74) is 0. The molecule has 0 aromatic carbocycles. The van der Waals surface area contributed by atoms with Crippen molar-refractivity contribution in [3.8, 4) is 0 Å². The largest absolute Gasteiger partial charge is 0.472 e. The molecule has 0 aliphatic carbocycles. The van der Waals surface area contributed by atoms with E-state index in [1.54, 1.807) is 0 Å². The molecule has 0 aromatic heterocycles. The van der Waals surface area contributed by atoms with Crippen LogP contribution < -0.4 is 0 Å². The van der Waals surface area contributed by atoms with Gasteiger partial charge in [0.25, 0.3) is 0 Å². The zero-order chi connectivity index (χ0) is 39.8. The van der Waals surface area contributed by atoms with Crippen molar-refractivity contribution in [1.82, 2.24) is 0 Å². The summed E-state index contributed by atoms with van der Waals surface area (Å²) in [6.45, 7) is 2.25. The summed E-state index contributed by atoms with van der Waals surface area (Å²) in [4.78, 5) is 34.9. The highest BCUT2D eigenvalue weighted by Gasteiger charge is 2.27. The van der Waals surface area contributed by atoms with Gasteiger partial charge in [-0.15, -0.1) is 0 Å². The SMILES string of the molecule is CCCCC/C=C/C/C=C/C/C=C/C/C=C/CCCC(=O)OC[C@H](COP(=O)(O)OC[C@@H](O)CO)OC(=O)CCCCCCC/C=C/CCCCCCC. The highest BCUT2D eigenvalue weighted by molar-refractivity contribution is 7.47. The monoisotopic (exact) mass is 783 g/mol. The van der Waals surface area contributed by atoms with E-state index >= 15 is 0 Å². The zero-order valence-electron chi connectivity index (χ0n) is 33.7. The summed E-state index contributed by atoms with van der Waals surface area (Å²) in [5.74, 6) is -1.00. The standard InChI is InChI=1S/C43H75O10P/c1-3-5-7-9-11-13-15-17-19-20-21-23-24-26-28-30-32-34-42(46)50-38-41(39-52-54(48,49)51-37-40(45)36-44)53-43(47)35-33-31-29-27-25-22-18-16-14-12-10-8-6-4-2/h11,13,16-19,21,23,26,28,40-41,44-45H,3-10,12,14-15,20,22,24-25,27,29-39H2,1-2H3,(H,48,49)/b13-11+,18-16+,19-17+,23-21+,28-26+/t40-,41+/m0/s1. The van der Waals surface area contributed by atoms with Gasteiger partial charge < -0.3 is 24.6 Å². The quantitative estimate of drug-likeness (QED) is 0.0239. The first kappa shape index (κ1) is 51.7. The lowest BCUT2D eigenvalue weighted by atomic mass is 10.1. The predicted octanol–water partition coefficient (Wildman–Crippen LogP) is 10.7. The van der Waals surface area contributed by atoms with Gasteiger partial charge in [0, 0.05) is 12.8 Å². The van der Waals surface area contributed by atoms with Crippen LogP contribution in [0, 0.1) is 0 Å². The molecular formula is C43H75O10P. The Balaban J connectivity index is 4.44. The van der Waals surface area contributed by atoms with Crippen LogP contribution in [0.1, 0.15) is 162 Å². The minimum Gasteiger partial charge on any atom is -0.462 e. The Morgan fingerprint density at radius 3 is 1.56 bits per heavy atom. The van der Waals surface area contributed by atoms with E-state index in [9.17, 15) is 24.2 Å². The highest BCUT2D eigenvalue weighted by atomic mass is 31.2. The molecule has 0 aromatic rings. The van der Waals surface area contributed by atoms with E-state index in [1.165, 1.54) is 51.4 Å². The fourth-order valence-corrected chi connectivity index (χ4v) is 5.94. The number of rotatable bonds is 38. The molecule has 0 heterocycles. The second-order valence-corrected chi connectivity index (χ2v) is 15.1. The molecule has 3 atom stereocenters. The average Bonchev–Trinajstić information content (AvgIpc) is 3.16. The molecule has 10 nitrogen and oxygen atoms in total. The topological polar surface area (TPSA) is 149 Å². The lowest BCUT2D eigenvalue weighted by Crippen LogP contribution is -2.29. The van der Waals surface area contributed by atoms with Gasteiger partial charge >= 0.3 is 19.8 Å². The number of aliphatic hydroxyl groups is 2. The third kappa shape index (κ3) is 38.0. The number of carbonyl (C=O) groups is 2. The third-order valence-corrected chi connectivity index (χ3v) is 9.35. The van der Waals surface area contributed by atoms with Crippen molar-refractivity contribution in [2.45, 2.75) is 174 Å². The van der Waals surface area contributed by atoms with Gasteiger partial charge in [0.05, 0.1) is 19.8 Å². The maximum atomic E-state index is 12.6. The first-order valence-corrected chi connectivity index (χ1v) is 22.2. The van der Waals surface area contributed by atoms with Gasteiger partial charge in [-0.05, 0) is 77.0 Å². The molecule has 0 saturated heterocycles. The fourth-order valence-electron chi connectivity index (χ4n) is 5.16. The molecule has 0 rings (SSSR count). The molecule has 1 unspecified atom stereocenters. The van der Waals surface area contributed by atoms with E-state index in [-0.39, 0.29) is 19.4 Å². The minimum absolute atomic E-state index is 0.160. The molecule has 0 aliphatic rings. The number of ether oxygens (including phenoxy) is 2. The Labute approximate surface area is 327 Å². The molecule has 0 bridgehead atoms. The lowest BCUT2D eigenvalue weighted by Gasteiger charge is -2.20. The maximum Gasteiger partial charge on any atom is 0.472 e. The smallest absolute Gasteiger partial charge is 0.462 e. The van der Waals surface area contributed by atoms with Crippen LogP contribution in [0.15, 0.2) is 60.8 Å². The average molecular weight is 783 g/mol. The number of aliphatic hydroxyl groups excluding tert-OH is 2. The molecule has 0 aliphatic heterocycles. The highest BCUT2D eigenvalue weighted by Crippen LogP contribution is 2.43. The van der Waals surface area contributed by atoms with Crippen LogP contribution >= 0.6 is 7.82 Å². The molecule has 0 amide bonds.